The molecule has 0 aliphatic carbocycles. The van der Waals surface area contributed by atoms with Crippen molar-refractivity contribution in [2.45, 2.75) is 0 Å². The highest BCUT2D eigenvalue weighted by molar-refractivity contribution is 7.79. The summed E-state index contributed by atoms with van der Waals surface area (Å²) < 4.78 is 36.3. The van der Waals surface area contributed by atoms with Gasteiger partial charge in [0.2, 0.25) is 0 Å². The molecule has 0 aromatic rings. The van der Waals surface area contributed by atoms with E-state index >= 15 is 0 Å². The number of nitrogens with one attached hydrogen (secondary N) is 1. The standard InChI is InChI=1S/C4H10N2O.H2O4S/c1-5-4(6-2)7-3;1-5(2,3)4/h1-3H3,(H,5,6);(H2,1,2,3,4). The van der Waals surface area contributed by atoms with Crippen molar-refractivity contribution in [2.75, 3.05) is 21.2 Å². The van der Waals surface area contributed by atoms with E-state index in [4.69, 9.17) is 17.5 Å². The number of ether oxygens (including phenoxy) is 1. The number of aliphatic imine (C=N–C) groups is 1. The van der Waals surface area contributed by atoms with Gasteiger partial charge in [-0.15, -0.1) is 0 Å². The first-order valence-corrected chi connectivity index (χ1v) is 4.13. The van der Waals surface area contributed by atoms with Crippen LogP contribution in [0.4, 0.5) is 0 Å². The molecular formula is C4H12N2O5S. The maximum atomic E-state index is 8.74. The molecule has 0 heterocycles. The molecule has 0 bridgehead atoms. The van der Waals surface area contributed by atoms with Crippen LogP contribution in [-0.2, 0) is 15.1 Å². The van der Waals surface area contributed by atoms with E-state index in [0.717, 1.165) is 0 Å². The molecule has 0 fully saturated rings. The van der Waals surface area contributed by atoms with Gasteiger partial charge >= 0.3 is 10.4 Å². The second-order valence-corrected chi connectivity index (χ2v) is 2.33. The monoisotopic (exact) mass is 200 g/mol. The van der Waals surface area contributed by atoms with Crippen molar-refractivity contribution < 1.29 is 22.3 Å². The van der Waals surface area contributed by atoms with E-state index in [-0.39, 0.29) is 0 Å². The SMILES string of the molecule is CN=C(NC)OC.O=S(=O)(O)O. The molecule has 0 aromatic heterocycles. The number of methoxy groups -OCH3 is 1. The Bertz CT molecular complexity index is 208. The zero-order valence-electron chi connectivity index (χ0n) is 6.97. The van der Waals surface area contributed by atoms with Crippen LogP contribution in [0, 0.1) is 0 Å². The Balaban J connectivity index is 0. The Morgan fingerprint density at radius 1 is 1.50 bits per heavy atom. The van der Waals surface area contributed by atoms with Gasteiger partial charge in [-0.2, -0.15) is 8.42 Å². The lowest BCUT2D eigenvalue weighted by Crippen LogP contribution is -2.19. The first-order chi connectivity index (χ1) is 5.35. The molecule has 0 spiro atoms. The fraction of sp³-hybridized carbons (Fsp3) is 0.750. The molecule has 0 radical (unpaired) electrons. The molecule has 0 rings (SSSR count). The maximum Gasteiger partial charge on any atom is 0.394 e. The number of nitrogens with zero attached hydrogens (tertiary/aromatic N) is 1. The minimum Gasteiger partial charge on any atom is -0.469 e. The van der Waals surface area contributed by atoms with Gasteiger partial charge < -0.3 is 10.1 Å². The summed E-state index contributed by atoms with van der Waals surface area (Å²) in [4.78, 5) is 3.71. The summed E-state index contributed by atoms with van der Waals surface area (Å²) in [7, 11) is 0.319. The smallest absolute Gasteiger partial charge is 0.394 e. The van der Waals surface area contributed by atoms with Crippen LogP contribution < -0.4 is 5.32 Å². The Hall–Kier alpha value is -0.860. The number of rotatable bonds is 0. The first-order valence-electron chi connectivity index (χ1n) is 2.73. The quantitative estimate of drug-likeness (QED) is 0.268. The van der Waals surface area contributed by atoms with Crippen LogP contribution in [0.1, 0.15) is 0 Å². The minimum atomic E-state index is -4.67. The third-order valence-electron chi connectivity index (χ3n) is 0.610. The average molecular weight is 200 g/mol. The van der Waals surface area contributed by atoms with E-state index in [1.165, 1.54) is 0 Å². The van der Waals surface area contributed by atoms with Gasteiger partial charge in [0.1, 0.15) is 0 Å². The van der Waals surface area contributed by atoms with Gasteiger partial charge in [0.25, 0.3) is 6.02 Å². The fourth-order valence-corrected chi connectivity index (χ4v) is 0.305. The third-order valence-corrected chi connectivity index (χ3v) is 0.610. The number of hydrogen-bond acceptors (Lipinski definition) is 4. The highest BCUT2D eigenvalue weighted by Gasteiger charge is 1.84. The molecule has 0 aromatic carbocycles. The van der Waals surface area contributed by atoms with Gasteiger partial charge in [-0.1, -0.05) is 0 Å². The molecule has 0 amide bonds. The van der Waals surface area contributed by atoms with Gasteiger partial charge in [-0.3, -0.25) is 9.11 Å². The second-order valence-electron chi connectivity index (χ2n) is 1.43. The highest BCUT2D eigenvalue weighted by Crippen LogP contribution is 1.66. The van der Waals surface area contributed by atoms with Crippen molar-refractivity contribution in [1.29, 1.82) is 0 Å². The predicted molar refractivity (Wildman–Crippen MR) is 43.6 cm³/mol. The van der Waals surface area contributed by atoms with Crippen LogP contribution in [0.2, 0.25) is 0 Å². The first kappa shape index (κ1) is 13.7. The average Bonchev–Trinajstić information content (AvgIpc) is 1.88. The van der Waals surface area contributed by atoms with Crippen LogP contribution >= 0.6 is 0 Å². The van der Waals surface area contributed by atoms with Crippen molar-refractivity contribution in [3.63, 3.8) is 0 Å². The summed E-state index contributed by atoms with van der Waals surface area (Å²) in [5.74, 6) is 0. The van der Waals surface area contributed by atoms with Gasteiger partial charge in [0.05, 0.1) is 7.11 Å². The lowest BCUT2D eigenvalue weighted by atomic mass is 11.0. The molecule has 3 N–H and O–H groups in total. The largest absolute Gasteiger partial charge is 0.469 e. The van der Waals surface area contributed by atoms with E-state index in [1.807, 2.05) is 0 Å². The predicted octanol–water partition coefficient (Wildman–Crippen LogP) is -0.815. The Kier molecular flexibility index (Phi) is 7.80. The van der Waals surface area contributed by atoms with Crippen LogP contribution in [0.5, 0.6) is 0 Å². The fourth-order valence-electron chi connectivity index (χ4n) is 0.305. The molecule has 0 aliphatic heterocycles. The second kappa shape index (κ2) is 6.83. The van der Waals surface area contributed by atoms with Crippen LogP contribution in [0.15, 0.2) is 4.99 Å². The molecule has 74 valence electrons. The topological polar surface area (TPSA) is 108 Å². The van der Waals surface area contributed by atoms with Crippen molar-refractivity contribution in [3.8, 4) is 0 Å². The van der Waals surface area contributed by atoms with Crippen LogP contribution in [-0.4, -0.2) is 44.8 Å². The zero-order valence-corrected chi connectivity index (χ0v) is 7.79. The van der Waals surface area contributed by atoms with Crippen LogP contribution in [0.25, 0.3) is 0 Å². The highest BCUT2D eigenvalue weighted by atomic mass is 32.3. The summed E-state index contributed by atoms with van der Waals surface area (Å²) in [6, 6.07) is 0.556. The molecule has 12 heavy (non-hydrogen) atoms. The summed E-state index contributed by atoms with van der Waals surface area (Å²) in [6.45, 7) is 0. The molecule has 7 nitrogen and oxygen atoms in total. The van der Waals surface area contributed by atoms with Gasteiger partial charge in [0.15, 0.2) is 0 Å². The van der Waals surface area contributed by atoms with Crippen molar-refractivity contribution in [2.24, 2.45) is 4.99 Å². The molecular weight excluding hydrogens is 188 g/mol. The maximum absolute atomic E-state index is 8.74. The van der Waals surface area contributed by atoms with Crippen LogP contribution in [0.3, 0.4) is 0 Å². The van der Waals surface area contributed by atoms with Crippen molar-refractivity contribution in [3.05, 3.63) is 0 Å². The third kappa shape index (κ3) is 22.9. The molecule has 0 saturated heterocycles. The minimum absolute atomic E-state index is 0.556. The zero-order chi connectivity index (χ0) is 10.2. The lowest BCUT2D eigenvalue weighted by Gasteiger charge is -1.98. The molecule has 0 aliphatic rings. The van der Waals surface area contributed by atoms with E-state index in [2.05, 4.69) is 15.0 Å². The van der Waals surface area contributed by atoms with Gasteiger partial charge in [-0.05, 0) is 0 Å². The Morgan fingerprint density at radius 3 is 1.83 bits per heavy atom. The van der Waals surface area contributed by atoms with Gasteiger partial charge in [0, 0.05) is 14.1 Å². The number of amidine groups is 1. The summed E-state index contributed by atoms with van der Waals surface area (Å²) >= 11 is 0. The normalized spacial score (nSPS) is 11.2. The van der Waals surface area contributed by atoms with E-state index in [0.29, 0.717) is 6.02 Å². The lowest BCUT2D eigenvalue weighted by molar-refractivity contribution is 0.380. The van der Waals surface area contributed by atoms with Crippen molar-refractivity contribution >= 4 is 16.4 Å². The number of hydrogen-bond donors (Lipinski definition) is 3. The van der Waals surface area contributed by atoms with E-state index < -0.39 is 10.4 Å². The summed E-state index contributed by atoms with van der Waals surface area (Å²) in [5.41, 5.74) is 0. The Morgan fingerprint density at radius 2 is 1.83 bits per heavy atom. The molecule has 8 heteroatoms. The van der Waals surface area contributed by atoms with E-state index in [9.17, 15) is 0 Å². The molecule has 0 saturated carbocycles. The summed E-state index contributed by atoms with van der Waals surface area (Å²) in [6.07, 6.45) is 0. The molecule has 0 atom stereocenters. The Labute approximate surface area is 71.0 Å². The van der Waals surface area contributed by atoms with E-state index in [1.54, 1.807) is 21.2 Å². The van der Waals surface area contributed by atoms with Crippen molar-refractivity contribution in [1.82, 2.24) is 5.32 Å². The van der Waals surface area contributed by atoms with Gasteiger partial charge in [-0.25, -0.2) is 4.99 Å². The summed E-state index contributed by atoms with van der Waals surface area (Å²) in [5, 5.41) is 2.73. The molecule has 0 unspecified atom stereocenters.